The molecule has 1 aromatic heterocycles. The molecule has 0 N–H and O–H groups in total. The highest BCUT2D eigenvalue weighted by molar-refractivity contribution is 7.15. The average molecular weight is 294 g/mol. The lowest BCUT2D eigenvalue weighted by Crippen LogP contribution is -2.61. The van der Waals surface area contributed by atoms with Crippen molar-refractivity contribution in [2.24, 2.45) is 5.41 Å². The first-order valence-electron chi connectivity index (χ1n) is 7.81. The molecule has 0 bridgehead atoms. The molecule has 2 aliphatic rings. The Morgan fingerprint density at radius 2 is 1.70 bits per heavy atom. The maximum absolute atomic E-state index is 4.36. The monoisotopic (exact) mass is 294 g/mol. The van der Waals surface area contributed by atoms with Crippen LogP contribution in [0.3, 0.4) is 0 Å². The molecule has 0 saturated carbocycles. The molecule has 0 unspecified atom stereocenters. The van der Waals surface area contributed by atoms with Gasteiger partial charge in [0.15, 0.2) is 0 Å². The normalized spacial score (nSPS) is 22.8. The van der Waals surface area contributed by atoms with Crippen molar-refractivity contribution in [3.8, 4) is 0 Å². The third-order valence-electron chi connectivity index (χ3n) is 4.84. The molecule has 2 aliphatic heterocycles. The number of anilines is 1. The molecule has 1 spiro atoms. The van der Waals surface area contributed by atoms with E-state index in [-0.39, 0.29) is 0 Å². The van der Waals surface area contributed by atoms with Crippen LogP contribution in [0.15, 0.2) is 0 Å². The standard InChI is InChI=1S/C15H26N4S/c1-11(2)13-16-17-14(20-13)19-9-15(10-19)5-7-18(8-6-15)12(3)4/h11-12H,5-10H2,1-4H3. The smallest absolute Gasteiger partial charge is 0.208 e. The van der Waals surface area contributed by atoms with Crippen molar-refractivity contribution in [3.05, 3.63) is 5.01 Å². The van der Waals surface area contributed by atoms with E-state index in [4.69, 9.17) is 0 Å². The Hall–Kier alpha value is -0.680. The molecule has 20 heavy (non-hydrogen) atoms. The third-order valence-corrected chi connectivity index (χ3v) is 6.12. The van der Waals surface area contributed by atoms with E-state index in [0.29, 0.717) is 17.4 Å². The van der Waals surface area contributed by atoms with Crippen LogP contribution in [0.5, 0.6) is 0 Å². The van der Waals surface area contributed by atoms with Gasteiger partial charge in [-0.15, -0.1) is 10.2 Å². The van der Waals surface area contributed by atoms with Crippen molar-refractivity contribution >= 4 is 16.5 Å². The maximum atomic E-state index is 4.36. The van der Waals surface area contributed by atoms with E-state index in [0.717, 1.165) is 10.1 Å². The lowest BCUT2D eigenvalue weighted by atomic mass is 9.72. The highest BCUT2D eigenvalue weighted by atomic mass is 32.1. The minimum absolute atomic E-state index is 0.491. The summed E-state index contributed by atoms with van der Waals surface area (Å²) in [6, 6.07) is 0.695. The Kier molecular flexibility index (Phi) is 3.75. The molecular weight excluding hydrogens is 268 g/mol. The van der Waals surface area contributed by atoms with Crippen LogP contribution in [0.4, 0.5) is 5.13 Å². The van der Waals surface area contributed by atoms with Gasteiger partial charge in [0, 0.05) is 30.5 Å². The van der Waals surface area contributed by atoms with E-state index in [9.17, 15) is 0 Å². The average Bonchev–Trinajstić information content (AvgIpc) is 2.85. The first kappa shape index (κ1) is 14.3. The van der Waals surface area contributed by atoms with E-state index in [1.165, 1.54) is 39.0 Å². The molecular formula is C15H26N4S. The number of likely N-dealkylation sites (tertiary alicyclic amines) is 1. The van der Waals surface area contributed by atoms with Gasteiger partial charge >= 0.3 is 0 Å². The molecule has 0 atom stereocenters. The van der Waals surface area contributed by atoms with Crippen LogP contribution in [-0.4, -0.2) is 47.3 Å². The van der Waals surface area contributed by atoms with Gasteiger partial charge in [0.1, 0.15) is 5.01 Å². The minimum atomic E-state index is 0.491. The summed E-state index contributed by atoms with van der Waals surface area (Å²) in [5, 5.41) is 11.0. The summed E-state index contributed by atoms with van der Waals surface area (Å²) in [4.78, 5) is 5.03. The summed E-state index contributed by atoms with van der Waals surface area (Å²) in [6.07, 6.45) is 2.69. The molecule has 2 saturated heterocycles. The first-order valence-corrected chi connectivity index (χ1v) is 8.63. The second-order valence-corrected chi connectivity index (χ2v) is 8.05. The fourth-order valence-corrected chi connectivity index (χ4v) is 4.16. The lowest BCUT2D eigenvalue weighted by molar-refractivity contribution is 0.0600. The highest BCUT2D eigenvalue weighted by Crippen LogP contribution is 2.43. The van der Waals surface area contributed by atoms with E-state index in [1.54, 1.807) is 11.3 Å². The van der Waals surface area contributed by atoms with Gasteiger partial charge in [-0.25, -0.2) is 0 Å². The second-order valence-electron chi connectivity index (χ2n) is 7.06. The van der Waals surface area contributed by atoms with Crippen LogP contribution in [0, 0.1) is 5.41 Å². The van der Waals surface area contributed by atoms with Crippen LogP contribution in [-0.2, 0) is 0 Å². The minimum Gasteiger partial charge on any atom is -0.345 e. The van der Waals surface area contributed by atoms with Crippen molar-refractivity contribution in [1.82, 2.24) is 15.1 Å². The molecule has 1 aromatic rings. The predicted octanol–water partition coefficient (Wildman–Crippen LogP) is 2.97. The fraction of sp³-hybridized carbons (Fsp3) is 0.867. The van der Waals surface area contributed by atoms with Gasteiger partial charge in [-0.05, 0) is 39.8 Å². The van der Waals surface area contributed by atoms with E-state index < -0.39 is 0 Å². The van der Waals surface area contributed by atoms with Crippen molar-refractivity contribution in [2.75, 3.05) is 31.1 Å². The van der Waals surface area contributed by atoms with Crippen molar-refractivity contribution < 1.29 is 0 Å². The quantitative estimate of drug-likeness (QED) is 0.858. The maximum Gasteiger partial charge on any atom is 0.208 e. The third kappa shape index (κ3) is 2.58. The SMILES string of the molecule is CC(C)c1nnc(N2CC3(CCN(C(C)C)CC3)C2)s1. The number of piperidine rings is 1. The van der Waals surface area contributed by atoms with Crippen LogP contribution in [0.25, 0.3) is 0 Å². The zero-order valence-electron chi connectivity index (χ0n) is 13.1. The number of nitrogens with zero attached hydrogens (tertiary/aromatic N) is 4. The van der Waals surface area contributed by atoms with E-state index in [1.807, 2.05) is 0 Å². The van der Waals surface area contributed by atoms with Gasteiger partial charge < -0.3 is 9.80 Å². The summed E-state index contributed by atoms with van der Waals surface area (Å²) >= 11 is 1.77. The number of hydrogen-bond donors (Lipinski definition) is 0. The summed E-state index contributed by atoms with van der Waals surface area (Å²) in [5.41, 5.74) is 0.565. The van der Waals surface area contributed by atoms with E-state index >= 15 is 0 Å². The van der Waals surface area contributed by atoms with Gasteiger partial charge in [0.05, 0.1) is 0 Å². The highest BCUT2D eigenvalue weighted by Gasteiger charge is 2.46. The lowest BCUT2D eigenvalue weighted by Gasteiger charge is -2.54. The Bertz CT molecular complexity index is 452. The van der Waals surface area contributed by atoms with Gasteiger partial charge in [0.25, 0.3) is 0 Å². The van der Waals surface area contributed by atoms with Crippen LogP contribution < -0.4 is 4.90 Å². The Balaban J connectivity index is 1.56. The van der Waals surface area contributed by atoms with Gasteiger partial charge in [-0.3, -0.25) is 0 Å². The van der Waals surface area contributed by atoms with Crippen LogP contribution in [0.1, 0.15) is 51.5 Å². The zero-order chi connectivity index (χ0) is 14.3. The largest absolute Gasteiger partial charge is 0.345 e. The Morgan fingerprint density at radius 3 is 2.20 bits per heavy atom. The molecule has 5 heteroatoms. The van der Waals surface area contributed by atoms with E-state index in [2.05, 4.69) is 47.7 Å². The van der Waals surface area contributed by atoms with Crippen molar-refractivity contribution in [1.29, 1.82) is 0 Å². The number of hydrogen-bond acceptors (Lipinski definition) is 5. The second kappa shape index (κ2) is 5.26. The summed E-state index contributed by atoms with van der Waals surface area (Å²) in [6.45, 7) is 13.9. The van der Waals surface area contributed by atoms with Crippen molar-refractivity contribution in [3.63, 3.8) is 0 Å². The first-order chi connectivity index (χ1) is 9.49. The number of aromatic nitrogens is 2. The Labute approximate surface area is 126 Å². The van der Waals surface area contributed by atoms with Gasteiger partial charge in [0.2, 0.25) is 5.13 Å². The molecule has 0 aromatic carbocycles. The molecule has 0 amide bonds. The van der Waals surface area contributed by atoms with Gasteiger partial charge in [-0.2, -0.15) is 0 Å². The summed E-state index contributed by atoms with van der Waals surface area (Å²) in [5.74, 6) is 0.491. The molecule has 112 valence electrons. The topological polar surface area (TPSA) is 32.3 Å². The van der Waals surface area contributed by atoms with Gasteiger partial charge in [-0.1, -0.05) is 25.2 Å². The molecule has 2 fully saturated rings. The van der Waals surface area contributed by atoms with Crippen LogP contribution in [0.2, 0.25) is 0 Å². The number of rotatable bonds is 3. The summed E-state index contributed by atoms with van der Waals surface area (Å²) in [7, 11) is 0. The molecule has 0 aliphatic carbocycles. The summed E-state index contributed by atoms with van der Waals surface area (Å²) < 4.78 is 0. The fourth-order valence-electron chi connectivity index (χ4n) is 3.32. The van der Waals surface area contributed by atoms with Crippen molar-refractivity contribution in [2.45, 2.75) is 52.5 Å². The molecule has 0 radical (unpaired) electrons. The predicted molar refractivity (Wildman–Crippen MR) is 84.6 cm³/mol. The molecule has 3 heterocycles. The molecule has 4 nitrogen and oxygen atoms in total. The van der Waals surface area contributed by atoms with Crippen LogP contribution >= 0.6 is 11.3 Å². The molecule has 3 rings (SSSR count). The Morgan fingerprint density at radius 1 is 1.05 bits per heavy atom. The zero-order valence-corrected chi connectivity index (χ0v) is 13.9.